The zero-order valence-corrected chi connectivity index (χ0v) is 13.1. The Labute approximate surface area is 131 Å². The summed E-state index contributed by atoms with van der Waals surface area (Å²) in [6.07, 6.45) is 2.06. The Bertz CT molecular complexity index is 641. The summed E-state index contributed by atoms with van der Waals surface area (Å²) in [5.74, 6) is 0. The van der Waals surface area contributed by atoms with Gasteiger partial charge in [-0.15, -0.1) is 0 Å². The van der Waals surface area contributed by atoms with Gasteiger partial charge in [-0.1, -0.05) is 49.2 Å². The van der Waals surface area contributed by atoms with E-state index in [1.165, 1.54) is 5.56 Å². The van der Waals surface area contributed by atoms with Crippen molar-refractivity contribution in [3.8, 4) is 6.07 Å². The predicted molar refractivity (Wildman–Crippen MR) is 88.6 cm³/mol. The first-order valence-corrected chi connectivity index (χ1v) is 7.55. The van der Waals surface area contributed by atoms with E-state index in [0.29, 0.717) is 5.56 Å². The number of nitrogens with one attached hydrogen (secondary N) is 1. The van der Waals surface area contributed by atoms with E-state index in [2.05, 4.69) is 18.3 Å². The van der Waals surface area contributed by atoms with E-state index in [4.69, 9.17) is 11.6 Å². The summed E-state index contributed by atoms with van der Waals surface area (Å²) in [5.41, 5.74) is 3.79. The van der Waals surface area contributed by atoms with Crippen LogP contribution in [0.25, 0.3) is 0 Å². The Balaban J connectivity index is 2.31. The molecule has 1 unspecified atom stereocenters. The Morgan fingerprint density at radius 2 is 1.90 bits per heavy atom. The van der Waals surface area contributed by atoms with Crippen LogP contribution in [0.15, 0.2) is 42.5 Å². The van der Waals surface area contributed by atoms with Crippen LogP contribution in [-0.2, 0) is 0 Å². The molecular weight excluding hydrogens is 280 g/mol. The van der Waals surface area contributed by atoms with Crippen molar-refractivity contribution in [2.75, 3.05) is 5.32 Å². The van der Waals surface area contributed by atoms with Crippen LogP contribution in [0.4, 0.5) is 5.69 Å². The molecule has 0 bridgehead atoms. The van der Waals surface area contributed by atoms with Gasteiger partial charge in [0.15, 0.2) is 0 Å². The second-order valence-electron chi connectivity index (χ2n) is 5.15. The van der Waals surface area contributed by atoms with Crippen molar-refractivity contribution in [1.29, 1.82) is 5.26 Å². The first-order valence-electron chi connectivity index (χ1n) is 7.17. The van der Waals surface area contributed by atoms with E-state index in [9.17, 15) is 5.26 Å². The van der Waals surface area contributed by atoms with Gasteiger partial charge >= 0.3 is 0 Å². The Hall–Kier alpha value is -1.98. The predicted octanol–water partition coefficient (Wildman–Crippen LogP) is 5.47. The summed E-state index contributed by atoms with van der Waals surface area (Å²) >= 11 is 5.96. The highest BCUT2D eigenvalue weighted by atomic mass is 35.5. The molecule has 21 heavy (non-hydrogen) atoms. The van der Waals surface area contributed by atoms with Crippen molar-refractivity contribution in [1.82, 2.24) is 0 Å². The van der Waals surface area contributed by atoms with Crippen molar-refractivity contribution >= 4 is 17.3 Å². The summed E-state index contributed by atoms with van der Waals surface area (Å²) in [4.78, 5) is 0. The largest absolute Gasteiger partial charge is 0.377 e. The SMILES string of the molecule is CCCC(Nc1cccc(C)c1C#N)c1ccc(Cl)cc1. The van der Waals surface area contributed by atoms with E-state index in [1.54, 1.807) is 0 Å². The summed E-state index contributed by atoms with van der Waals surface area (Å²) in [7, 11) is 0. The molecule has 0 aromatic heterocycles. The minimum atomic E-state index is 0.182. The Morgan fingerprint density at radius 1 is 1.19 bits per heavy atom. The zero-order valence-electron chi connectivity index (χ0n) is 12.4. The molecule has 2 aromatic rings. The minimum absolute atomic E-state index is 0.182. The molecule has 2 nitrogen and oxygen atoms in total. The Kier molecular flexibility index (Phi) is 5.25. The molecule has 2 rings (SSSR count). The van der Waals surface area contributed by atoms with Gasteiger partial charge in [0.1, 0.15) is 6.07 Å². The highest BCUT2D eigenvalue weighted by Crippen LogP contribution is 2.28. The van der Waals surface area contributed by atoms with Crippen LogP contribution in [0.1, 0.15) is 42.5 Å². The molecule has 0 spiro atoms. The molecule has 0 heterocycles. The van der Waals surface area contributed by atoms with E-state index < -0.39 is 0 Å². The lowest BCUT2D eigenvalue weighted by atomic mass is 10.0. The van der Waals surface area contributed by atoms with E-state index in [0.717, 1.165) is 29.1 Å². The highest BCUT2D eigenvalue weighted by Gasteiger charge is 2.13. The molecule has 0 saturated heterocycles. The third-order valence-electron chi connectivity index (χ3n) is 3.56. The lowest BCUT2D eigenvalue weighted by Crippen LogP contribution is -2.11. The van der Waals surface area contributed by atoms with Crippen molar-refractivity contribution in [3.63, 3.8) is 0 Å². The minimum Gasteiger partial charge on any atom is -0.377 e. The average Bonchev–Trinajstić information content (AvgIpc) is 2.48. The molecule has 0 aliphatic rings. The topological polar surface area (TPSA) is 35.8 Å². The van der Waals surface area contributed by atoms with Gasteiger partial charge in [0.25, 0.3) is 0 Å². The fourth-order valence-electron chi connectivity index (χ4n) is 2.43. The molecule has 2 aromatic carbocycles. The molecule has 108 valence electrons. The second-order valence-corrected chi connectivity index (χ2v) is 5.58. The number of hydrogen-bond acceptors (Lipinski definition) is 2. The first kappa shape index (κ1) is 15.4. The monoisotopic (exact) mass is 298 g/mol. The maximum Gasteiger partial charge on any atom is 0.102 e. The number of halogens is 1. The molecule has 1 atom stereocenters. The van der Waals surface area contributed by atoms with Crippen LogP contribution in [0, 0.1) is 18.3 Å². The maximum atomic E-state index is 9.34. The molecule has 0 radical (unpaired) electrons. The maximum absolute atomic E-state index is 9.34. The van der Waals surface area contributed by atoms with Gasteiger partial charge in [0, 0.05) is 5.02 Å². The summed E-state index contributed by atoms with van der Waals surface area (Å²) in [5, 5.41) is 13.6. The van der Waals surface area contributed by atoms with Crippen molar-refractivity contribution in [2.24, 2.45) is 0 Å². The molecule has 3 heteroatoms. The molecule has 0 amide bonds. The molecule has 0 aliphatic heterocycles. The second kappa shape index (κ2) is 7.15. The number of anilines is 1. The zero-order chi connectivity index (χ0) is 15.2. The highest BCUT2D eigenvalue weighted by molar-refractivity contribution is 6.30. The van der Waals surface area contributed by atoms with Crippen LogP contribution in [0.2, 0.25) is 5.02 Å². The van der Waals surface area contributed by atoms with E-state index in [1.807, 2.05) is 49.4 Å². The van der Waals surface area contributed by atoms with Crippen LogP contribution < -0.4 is 5.32 Å². The van der Waals surface area contributed by atoms with Crippen LogP contribution in [0.3, 0.4) is 0 Å². The number of rotatable bonds is 5. The van der Waals surface area contributed by atoms with Gasteiger partial charge < -0.3 is 5.32 Å². The number of nitrogens with zero attached hydrogens (tertiary/aromatic N) is 1. The number of benzene rings is 2. The fraction of sp³-hybridized carbons (Fsp3) is 0.278. The molecule has 1 N–H and O–H groups in total. The van der Waals surface area contributed by atoms with Gasteiger partial charge in [-0.2, -0.15) is 5.26 Å². The molecule has 0 saturated carbocycles. The van der Waals surface area contributed by atoms with Gasteiger partial charge in [-0.3, -0.25) is 0 Å². The smallest absolute Gasteiger partial charge is 0.102 e. The lowest BCUT2D eigenvalue weighted by Gasteiger charge is -2.21. The van der Waals surface area contributed by atoms with Gasteiger partial charge in [0.05, 0.1) is 17.3 Å². The Morgan fingerprint density at radius 3 is 2.52 bits per heavy atom. The van der Waals surface area contributed by atoms with Gasteiger partial charge in [-0.05, 0) is 42.7 Å². The average molecular weight is 299 g/mol. The molecule has 0 aliphatic carbocycles. The normalized spacial score (nSPS) is 11.7. The van der Waals surface area contributed by atoms with E-state index >= 15 is 0 Å². The van der Waals surface area contributed by atoms with Crippen LogP contribution >= 0.6 is 11.6 Å². The standard InChI is InChI=1S/C18H19ClN2/c1-3-5-17(14-8-10-15(19)11-9-14)21-18-7-4-6-13(2)16(18)12-20/h4,6-11,17,21H,3,5H2,1-2H3. The van der Waals surface area contributed by atoms with Gasteiger partial charge in [-0.25, -0.2) is 0 Å². The lowest BCUT2D eigenvalue weighted by molar-refractivity contribution is 0.677. The first-order chi connectivity index (χ1) is 10.2. The number of aryl methyl sites for hydroxylation is 1. The van der Waals surface area contributed by atoms with Crippen molar-refractivity contribution in [3.05, 3.63) is 64.2 Å². The summed E-state index contributed by atoms with van der Waals surface area (Å²) in [6, 6.07) is 16.3. The third-order valence-corrected chi connectivity index (χ3v) is 3.82. The molecular formula is C18H19ClN2. The van der Waals surface area contributed by atoms with Crippen LogP contribution in [0.5, 0.6) is 0 Å². The molecule has 0 fully saturated rings. The van der Waals surface area contributed by atoms with Gasteiger partial charge in [0.2, 0.25) is 0 Å². The van der Waals surface area contributed by atoms with Crippen molar-refractivity contribution in [2.45, 2.75) is 32.7 Å². The van der Waals surface area contributed by atoms with Crippen molar-refractivity contribution < 1.29 is 0 Å². The quantitative estimate of drug-likeness (QED) is 0.794. The van der Waals surface area contributed by atoms with E-state index in [-0.39, 0.29) is 6.04 Å². The summed E-state index contributed by atoms with van der Waals surface area (Å²) in [6.45, 7) is 4.12. The number of hydrogen-bond donors (Lipinski definition) is 1. The third kappa shape index (κ3) is 3.77. The number of nitriles is 1. The van der Waals surface area contributed by atoms with Crippen LogP contribution in [-0.4, -0.2) is 0 Å². The fourth-order valence-corrected chi connectivity index (χ4v) is 2.56. The summed E-state index contributed by atoms with van der Waals surface area (Å²) < 4.78 is 0.